The van der Waals surface area contributed by atoms with E-state index in [1.54, 1.807) is 13.8 Å². The van der Waals surface area contributed by atoms with Crippen molar-refractivity contribution in [2.75, 3.05) is 0 Å². The van der Waals surface area contributed by atoms with Crippen molar-refractivity contribution >= 4 is 11.7 Å². The highest BCUT2D eigenvalue weighted by atomic mass is 16.2. The summed E-state index contributed by atoms with van der Waals surface area (Å²) in [6.07, 6.45) is 1.68. The summed E-state index contributed by atoms with van der Waals surface area (Å²) in [6.45, 7) is 12.0. The SMILES string of the molecule is CC(C)C(=O)C(=O)NC1CC(C)(C)NC(C)(C)C1. The molecule has 1 aliphatic heterocycles. The van der Waals surface area contributed by atoms with Crippen molar-refractivity contribution in [3.63, 3.8) is 0 Å². The Bertz CT molecular complexity index is 330. The molecule has 0 bridgehead atoms. The van der Waals surface area contributed by atoms with Gasteiger partial charge in [0.15, 0.2) is 0 Å². The number of hydrogen-bond donors (Lipinski definition) is 2. The van der Waals surface area contributed by atoms with Crippen molar-refractivity contribution in [2.24, 2.45) is 5.92 Å². The smallest absolute Gasteiger partial charge is 0.287 e. The van der Waals surface area contributed by atoms with Gasteiger partial charge in [-0.15, -0.1) is 0 Å². The van der Waals surface area contributed by atoms with E-state index in [1.807, 2.05) is 0 Å². The van der Waals surface area contributed by atoms with Crippen molar-refractivity contribution in [1.29, 1.82) is 0 Å². The van der Waals surface area contributed by atoms with Crippen molar-refractivity contribution in [3.8, 4) is 0 Å². The first-order valence-corrected chi connectivity index (χ1v) is 6.66. The molecule has 2 N–H and O–H groups in total. The summed E-state index contributed by atoms with van der Waals surface area (Å²) < 4.78 is 0. The van der Waals surface area contributed by atoms with Crippen molar-refractivity contribution in [3.05, 3.63) is 0 Å². The van der Waals surface area contributed by atoms with Gasteiger partial charge in [-0.2, -0.15) is 0 Å². The molecule has 1 rings (SSSR count). The Kier molecular flexibility index (Phi) is 4.21. The molecule has 1 amide bonds. The van der Waals surface area contributed by atoms with E-state index in [2.05, 4.69) is 38.3 Å². The fourth-order valence-electron chi connectivity index (χ4n) is 2.94. The standard InChI is InChI=1S/C14H26N2O2/c1-9(2)11(17)12(18)15-10-7-13(3,4)16-14(5,6)8-10/h9-10,16H,7-8H2,1-6H3,(H,15,18). The largest absolute Gasteiger partial charge is 0.347 e. The Morgan fingerprint density at radius 1 is 1.11 bits per heavy atom. The third kappa shape index (κ3) is 4.09. The van der Waals surface area contributed by atoms with Crippen LogP contribution in [0.3, 0.4) is 0 Å². The Balaban J connectivity index is 2.68. The zero-order chi connectivity index (χ0) is 14.1. The van der Waals surface area contributed by atoms with Gasteiger partial charge in [0.25, 0.3) is 5.91 Å². The molecule has 0 aliphatic carbocycles. The van der Waals surface area contributed by atoms with E-state index in [1.165, 1.54) is 0 Å². The molecule has 104 valence electrons. The normalized spacial score (nSPS) is 22.8. The molecule has 0 spiro atoms. The van der Waals surface area contributed by atoms with Gasteiger partial charge in [0.1, 0.15) is 0 Å². The van der Waals surface area contributed by atoms with Crippen LogP contribution in [0, 0.1) is 5.92 Å². The van der Waals surface area contributed by atoms with Crippen molar-refractivity contribution in [1.82, 2.24) is 10.6 Å². The molecule has 0 aromatic heterocycles. The van der Waals surface area contributed by atoms with Crippen LogP contribution in [0.5, 0.6) is 0 Å². The van der Waals surface area contributed by atoms with Crippen LogP contribution in [0.15, 0.2) is 0 Å². The minimum atomic E-state index is -0.441. The number of nitrogens with one attached hydrogen (secondary N) is 2. The van der Waals surface area contributed by atoms with Gasteiger partial charge in [0, 0.05) is 23.0 Å². The lowest BCUT2D eigenvalue weighted by Crippen LogP contribution is -2.62. The maximum absolute atomic E-state index is 11.8. The van der Waals surface area contributed by atoms with Crippen LogP contribution in [-0.2, 0) is 9.59 Å². The second-order valence-electron chi connectivity index (χ2n) is 6.99. The summed E-state index contributed by atoms with van der Waals surface area (Å²) in [4.78, 5) is 23.4. The van der Waals surface area contributed by atoms with Crippen LogP contribution in [-0.4, -0.2) is 28.8 Å². The molecule has 0 aromatic rings. The third-order valence-corrected chi connectivity index (χ3v) is 3.27. The quantitative estimate of drug-likeness (QED) is 0.753. The maximum atomic E-state index is 11.8. The maximum Gasteiger partial charge on any atom is 0.287 e. The van der Waals surface area contributed by atoms with Crippen LogP contribution in [0.2, 0.25) is 0 Å². The zero-order valence-corrected chi connectivity index (χ0v) is 12.4. The molecule has 1 fully saturated rings. The van der Waals surface area contributed by atoms with E-state index in [0.29, 0.717) is 0 Å². The molecule has 0 unspecified atom stereocenters. The van der Waals surface area contributed by atoms with Gasteiger partial charge in [0.05, 0.1) is 0 Å². The Labute approximate surface area is 110 Å². The van der Waals surface area contributed by atoms with Crippen LogP contribution in [0.25, 0.3) is 0 Å². The zero-order valence-electron chi connectivity index (χ0n) is 12.4. The highest BCUT2D eigenvalue weighted by Gasteiger charge is 2.38. The fraction of sp³-hybridized carbons (Fsp3) is 0.857. The molecular weight excluding hydrogens is 228 g/mol. The summed E-state index contributed by atoms with van der Waals surface area (Å²) in [5.74, 6) is -1.01. The first-order chi connectivity index (χ1) is 8.02. The minimum absolute atomic E-state index is 0.0272. The van der Waals surface area contributed by atoms with Crippen molar-refractivity contribution in [2.45, 2.75) is 71.5 Å². The molecule has 4 heteroatoms. The first kappa shape index (κ1) is 15.2. The van der Waals surface area contributed by atoms with E-state index < -0.39 is 5.91 Å². The molecular formula is C14H26N2O2. The summed E-state index contributed by atoms with van der Waals surface area (Å²) in [5, 5.41) is 6.43. The second kappa shape index (κ2) is 5.00. The van der Waals surface area contributed by atoms with Crippen LogP contribution in [0.4, 0.5) is 0 Å². The predicted molar refractivity (Wildman–Crippen MR) is 72.3 cm³/mol. The molecule has 0 atom stereocenters. The Morgan fingerprint density at radius 3 is 1.94 bits per heavy atom. The summed E-state index contributed by atoms with van der Waals surface area (Å²) in [6, 6.07) is 0.0615. The lowest BCUT2D eigenvalue weighted by molar-refractivity contribution is -0.140. The van der Waals surface area contributed by atoms with Crippen LogP contribution < -0.4 is 10.6 Å². The first-order valence-electron chi connectivity index (χ1n) is 6.66. The average Bonchev–Trinajstić information content (AvgIpc) is 2.10. The third-order valence-electron chi connectivity index (χ3n) is 3.27. The fourth-order valence-corrected chi connectivity index (χ4v) is 2.94. The molecule has 0 radical (unpaired) electrons. The number of ketones is 1. The highest BCUT2D eigenvalue weighted by molar-refractivity contribution is 6.36. The number of piperidine rings is 1. The van der Waals surface area contributed by atoms with Gasteiger partial charge in [-0.3, -0.25) is 9.59 Å². The van der Waals surface area contributed by atoms with E-state index >= 15 is 0 Å². The molecule has 1 aliphatic rings. The number of amides is 1. The van der Waals surface area contributed by atoms with Crippen molar-refractivity contribution < 1.29 is 9.59 Å². The molecule has 0 aromatic carbocycles. The second-order valence-corrected chi connectivity index (χ2v) is 6.99. The predicted octanol–water partition coefficient (Wildman–Crippen LogP) is 1.64. The van der Waals surface area contributed by atoms with Crippen LogP contribution in [0.1, 0.15) is 54.4 Å². The van der Waals surface area contributed by atoms with E-state index in [0.717, 1.165) is 12.8 Å². The monoisotopic (exact) mass is 254 g/mol. The molecule has 18 heavy (non-hydrogen) atoms. The van der Waals surface area contributed by atoms with Gasteiger partial charge in [0.2, 0.25) is 5.78 Å². The van der Waals surface area contributed by atoms with Crippen LogP contribution >= 0.6 is 0 Å². The van der Waals surface area contributed by atoms with Gasteiger partial charge >= 0.3 is 0 Å². The number of hydrogen-bond acceptors (Lipinski definition) is 3. The number of carbonyl (C=O) groups excluding carboxylic acids is 2. The topological polar surface area (TPSA) is 58.2 Å². The van der Waals surface area contributed by atoms with E-state index in [9.17, 15) is 9.59 Å². The number of carbonyl (C=O) groups is 2. The van der Waals surface area contributed by atoms with E-state index in [-0.39, 0.29) is 28.8 Å². The summed E-state index contributed by atoms with van der Waals surface area (Å²) >= 11 is 0. The Hall–Kier alpha value is -0.900. The highest BCUT2D eigenvalue weighted by Crippen LogP contribution is 2.28. The van der Waals surface area contributed by atoms with Gasteiger partial charge in [-0.1, -0.05) is 13.8 Å². The molecule has 0 saturated carbocycles. The summed E-state index contributed by atoms with van der Waals surface area (Å²) in [7, 11) is 0. The number of Topliss-reactive ketones (excluding diaryl/α,β-unsaturated/α-hetero) is 1. The van der Waals surface area contributed by atoms with E-state index in [4.69, 9.17) is 0 Å². The average molecular weight is 254 g/mol. The Morgan fingerprint density at radius 2 is 1.56 bits per heavy atom. The molecule has 4 nitrogen and oxygen atoms in total. The lowest BCUT2D eigenvalue weighted by atomic mass is 9.79. The minimum Gasteiger partial charge on any atom is -0.347 e. The molecule has 1 saturated heterocycles. The van der Waals surface area contributed by atoms with Gasteiger partial charge in [-0.05, 0) is 40.5 Å². The lowest BCUT2D eigenvalue weighted by Gasteiger charge is -2.46. The summed E-state index contributed by atoms with van der Waals surface area (Å²) in [5.41, 5.74) is -0.0544. The van der Waals surface area contributed by atoms with Gasteiger partial charge in [-0.25, -0.2) is 0 Å². The molecule has 1 heterocycles. The van der Waals surface area contributed by atoms with Gasteiger partial charge < -0.3 is 10.6 Å². The number of rotatable bonds is 3.